The monoisotopic (exact) mass is 603 g/mol. The Labute approximate surface area is 242 Å². The Hall–Kier alpha value is -3.71. The average molecular weight is 604 g/mol. The molecule has 1 aromatic heterocycles. The summed E-state index contributed by atoms with van der Waals surface area (Å²) >= 11 is 0. The number of urea groups is 1. The third kappa shape index (κ3) is 5.80. The highest BCUT2D eigenvalue weighted by Crippen LogP contribution is 2.56. The number of hydrogen-bond acceptors (Lipinski definition) is 7. The Morgan fingerprint density at radius 3 is 2.48 bits per heavy atom. The van der Waals surface area contributed by atoms with E-state index in [0.717, 1.165) is 18.6 Å². The summed E-state index contributed by atoms with van der Waals surface area (Å²) in [5, 5.41) is 5.47. The zero-order chi connectivity index (χ0) is 30.1. The van der Waals surface area contributed by atoms with Crippen LogP contribution in [0.25, 0.3) is 11.4 Å². The first-order chi connectivity index (χ1) is 20.0. The number of alkyl halides is 3. The van der Waals surface area contributed by atoms with Crippen molar-refractivity contribution < 1.29 is 31.1 Å². The number of morpholine rings is 1. The molecule has 1 aliphatic carbocycles. The molecule has 9 nitrogen and oxygen atoms in total. The van der Waals surface area contributed by atoms with Gasteiger partial charge in [-0.2, -0.15) is 13.2 Å². The molecule has 0 unspecified atom stereocenters. The molecular weight excluding hydrogens is 571 g/mol. The van der Waals surface area contributed by atoms with Crippen LogP contribution in [0.2, 0.25) is 0 Å². The molecular formula is C29H32F3N5O4S. The minimum absolute atomic E-state index is 0.0692. The lowest BCUT2D eigenvalue weighted by Gasteiger charge is -2.35. The van der Waals surface area contributed by atoms with E-state index < -0.39 is 31.2 Å². The Morgan fingerprint density at radius 2 is 1.83 bits per heavy atom. The van der Waals surface area contributed by atoms with Gasteiger partial charge in [0.1, 0.15) is 10.6 Å². The lowest BCUT2D eigenvalue weighted by Crippen LogP contribution is -2.44. The van der Waals surface area contributed by atoms with Gasteiger partial charge in [0.2, 0.25) is 0 Å². The third-order valence-corrected chi connectivity index (χ3v) is 10.1. The Bertz CT molecular complexity index is 1560. The SMILES string of the molecule is CCCNC(=O)Nc1ccc(-c2nc(N3CCOC[C@@H]3C)cc(C3(S(=O)(=O)c4ccccc4C(F)(F)F)CC3)n2)cc1. The second-order valence-corrected chi connectivity index (χ2v) is 12.7. The van der Waals surface area contributed by atoms with Gasteiger partial charge in [0.05, 0.1) is 35.4 Å². The molecule has 0 radical (unpaired) electrons. The molecule has 2 N–H and O–H groups in total. The van der Waals surface area contributed by atoms with E-state index in [-0.39, 0.29) is 36.4 Å². The molecule has 42 heavy (non-hydrogen) atoms. The van der Waals surface area contributed by atoms with Crippen molar-refractivity contribution in [3.63, 3.8) is 0 Å². The number of anilines is 2. The van der Waals surface area contributed by atoms with Gasteiger partial charge in [-0.25, -0.2) is 23.2 Å². The van der Waals surface area contributed by atoms with Gasteiger partial charge in [0, 0.05) is 30.4 Å². The van der Waals surface area contributed by atoms with Crippen molar-refractivity contribution >= 4 is 27.4 Å². The van der Waals surface area contributed by atoms with Crippen LogP contribution >= 0.6 is 0 Å². The van der Waals surface area contributed by atoms with Crippen molar-refractivity contribution in [1.29, 1.82) is 0 Å². The van der Waals surface area contributed by atoms with E-state index in [2.05, 4.69) is 15.6 Å². The number of nitrogens with zero attached hydrogens (tertiary/aromatic N) is 3. The number of ether oxygens (including phenoxy) is 1. The summed E-state index contributed by atoms with van der Waals surface area (Å²) in [5.41, 5.74) is 0.0518. The van der Waals surface area contributed by atoms with Crippen LogP contribution in [-0.4, -0.2) is 56.8 Å². The summed E-state index contributed by atoms with van der Waals surface area (Å²) < 4.78 is 73.5. The molecule has 0 bridgehead atoms. The molecule has 3 aromatic rings. The first-order valence-electron chi connectivity index (χ1n) is 13.8. The number of halogens is 3. The number of rotatable bonds is 8. The third-order valence-electron chi connectivity index (χ3n) is 7.48. The lowest BCUT2D eigenvalue weighted by atomic mass is 10.1. The van der Waals surface area contributed by atoms with E-state index in [9.17, 15) is 26.4 Å². The number of carbonyl (C=O) groups is 1. The van der Waals surface area contributed by atoms with E-state index in [4.69, 9.17) is 9.72 Å². The van der Waals surface area contributed by atoms with Crippen LogP contribution in [-0.2, 0) is 25.5 Å². The van der Waals surface area contributed by atoms with E-state index in [1.54, 1.807) is 30.3 Å². The average Bonchev–Trinajstić information content (AvgIpc) is 3.79. The van der Waals surface area contributed by atoms with Gasteiger partial charge in [-0.1, -0.05) is 19.1 Å². The molecule has 2 heterocycles. The van der Waals surface area contributed by atoms with E-state index in [1.165, 1.54) is 12.1 Å². The molecule has 1 saturated carbocycles. The normalized spacial score (nSPS) is 18.4. The largest absolute Gasteiger partial charge is 0.417 e. The first-order valence-corrected chi connectivity index (χ1v) is 15.2. The number of carbonyl (C=O) groups excluding carboxylic acids is 1. The number of nitrogens with one attached hydrogen (secondary N) is 2. The van der Waals surface area contributed by atoms with Crippen LogP contribution in [0.4, 0.5) is 29.5 Å². The predicted molar refractivity (Wildman–Crippen MR) is 152 cm³/mol. The Kier molecular flexibility index (Phi) is 8.17. The number of aromatic nitrogens is 2. The maximum Gasteiger partial charge on any atom is 0.417 e. The van der Waals surface area contributed by atoms with Crippen molar-refractivity contribution in [2.45, 2.75) is 55.0 Å². The van der Waals surface area contributed by atoms with Crippen LogP contribution in [0.5, 0.6) is 0 Å². The second-order valence-electron chi connectivity index (χ2n) is 10.5. The minimum atomic E-state index is -4.84. The minimum Gasteiger partial charge on any atom is -0.377 e. The van der Waals surface area contributed by atoms with Crippen molar-refractivity contribution in [2.24, 2.45) is 0 Å². The zero-order valence-corrected chi connectivity index (χ0v) is 24.1. The number of hydrogen-bond donors (Lipinski definition) is 2. The predicted octanol–water partition coefficient (Wildman–Crippen LogP) is 5.38. The molecule has 1 atom stereocenters. The molecule has 2 aromatic carbocycles. The van der Waals surface area contributed by atoms with Crippen LogP contribution in [0, 0.1) is 0 Å². The summed E-state index contributed by atoms with van der Waals surface area (Å²) in [6.45, 7) is 5.82. The van der Waals surface area contributed by atoms with E-state index >= 15 is 0 Å². The second kappa shape index (κ2) is 11.5. The Morgan fingerprint density at radius 1 is 1.12 bits per heavy atom. The standard InChI is InChI=1S/C29H32F3N5O4S/c1-3-14-33-27(38)34-21-10-8-20(9-11-21)26-35-24(17-25(36-26)37-15-16-41-18-19(37)2)28(12-13-28)42(39,40)23-7-5-4-6-22(23)29(30,31)32/h4-11,17,19H,3,12-16,18H2,1-2H3,(H2,33,34,38)/t19-/m0/s1. The fourth-order valence-electron chi connectivity index (χ4n) is 5.05. The van der Waals surface area contributed by atoms with Gasteiger partial charge >= 0.3 is 12.2 Å². The summed E-state index contributed by atoms with van der Waals surface area (Å²) in [7, 11) is -4.49. The smallest absolute Gasteiger partial charge is 0.377 e. The number of benzene rings is 2. The van der Waals surface area contributed by atoms with Crippen LogP contribution in [0.3, 0.4) is 0 Å². The summed E-state index contributed by atoms with van der Waals surface area (Å²) in [6.07, 6.45) is -3.78. The molecule has 0 spiro atoms. The maximum atomic E-state index is 14.0. The maximum absolute atomic E-state index is 14.0. The molecule has 2 aliphatic rings. The summed E-state index contributed by atoms with van der Waals surface area (Å²) in [4.78, 5) is 22.7. The highest BCUT2D eigenvalue weighted by molar-refractivity contribution is 7.92. The molecule has 1 aliphatic heterocycles. The van der Waals surface area contributed by atoms with Crippen molar-refractivity contribution in [1.82, 2.24) is 15.3 Å². The highest BCUT2D eigenvalue weighted by Gasteiger charge is 2.59. The lowest BCUT2D eigenvalue weighted by molar-refractivity contribution is -0.139. The Balaban J connectivity index is 1.57. The fraction of sp³-hybridized carbons (Fsp3) is 0.414. The summed E-state index contributed by atoms with van der Waals surface area (Å²) in [5.74, 6) is 0.700. The number of amides is 2. The molecule has 2 fully saturated rings. The molecule has 224 valence electrons. The number of sulfone groups is 1. The highest BCUT2D eigenvalue weighted by atomic mass is 32.2. The van der Waals surface area contributed by atoms with Crippen molar-refractivity contribution in [2.75, 3.05) is 36.5 Å². The topological polar surface area (TPSA) is 114 Å². The van der Waals surface area contributed by atoms with E-state index in [1.807, 2.05) is 18.7 Å². The molecule has 1 saturated heterocycles. The van der Waals surface area contributed by atoms with Gasteiger partial charge in [-0.05, 0) is 62.6 Å². The van der Waals surface area contributed by atoms with Gasteiger partial charge in [-0.15, -0.1) is 0 Å². The van der Waals surface area contributed by atoms with E-state index in [0.29, 0.717) is 43.4 Å². The van der Waals surface area contributed by atoms with Gasteiger partial charge in [0.15, 0.2) is 15.7 Å². The van der Waals surface area contributed by atoms with Crippen LogP contribution in [0.1, 0.15) is 44.4 Å². The fourth-order valence-corrected chi connectivity index (χ4v) is 7.22. The zero-order valence-electron chi connectivity index (χ0n) is 23.2. The van der Waals surface area contributed by atoms with Crippen LogP contribution < -0.4 is 15.5 Å². The quantitative estimate of drug-likeness (QED) is 0.355. The molecule has 5 rings (SSSR count). The van der Waals surface area contributed by atoms with Crippen LogP contribution in [0.15, 0.2) is 59.5 Å². The van der Waals surface area contributed by atoms with Gasteiger partial charge in [-0.3, -0.25) is 0 Å². The van der Waals surface area contributed by atoms with Crippen molar-refractivity contribution in [3.05, 3.63) is 65.9 Å². The van der Waals surface area contributed by atoms with Crippen molar-refractivity contribution in [3.8, 4) is 11.4 Å². The first kappa shape index (κ1) is 29.8. The van der Waals surface area contributed by atoms with Gasteiger partial charge < -0.3 is 20.3 Å². The van der Waals surface area contributed by atoms with Gasteiger partial charge in [0.25, 0.3) is 0 Å². The summed E-state index contributed by atoms with van der Waals surface area (Å²) in [6, 6.07) is 12.2. The molecule has 13 heteroatoms. The molecule has 2 amide bonds.